The average Bonchev–Trinajstić information content (AvgIpc) is 2.92. The van der Waals surface area contributed by atoms with Crippen LogP contribution in [-0.4, -0.2) is 39.8 Å². The first-order chi connectivity index (χ1) is 11.0. The van der Waals surface area contributed by atoms with Gasteiger partial charge < -0.3 is 19.9 Å². The predicted octanol–water partition coefficient (Wildman–Crippen LogP) is 1.77. The third-order valence-electron chi connectivity index (χ3n) is 4.55. The number of hydrogen-bond acceptors (Lipinski definition) is 3. The standard InChI is InChI=1S/C17H21N3O3/c1-3-11-9-20(10-15(11)21)17(23)18-13-5-4-12-6-7-19(2)16(22)14(12)8-13/h4-8,11,15,21H,3,9-10H2,1-2H3,(H,18,23). The van der Waals surface area contributed by atoms with E-state index in [1.807, 2.05) is 19.1 Å². The number of carbonyl (C=O) groups is 1. The lowest BCUT2D eigenvalue weighted by molar-refractivity contribution is 0.141. The molecule has 2 N–H and O–H groups in total. The van der Waals surface area contributed by atoms with E-state index in [1.54, 1.807) is 30.3 Å². The first kappa shape index (κ1) is 15.6. The van der Waals surface area contributed by atoms with Gasteiger partial charge in [0.05, 0.1) is 6.10 Å². The molecule has 0 aliphatic carbocycles. The molecule has 1 aliphatic rings. The van der Waals surface area contributed by atoms with Crippen LogP contribution in [-0.2, 0) is 7.05 Å². The number of nitrogens with one attached hydrogen (secondary N) is 1. The highest BCUT2D eigenvalue weighted by atomic mass is 16.3. The fourth-order valence-corrected chi connectivity index (χ4v) is 3.04. The number of amides is 2. The highest BCUT2D eigenvalue weighted by Crippen LogP contribution is 2.22. The second kappa shape index (κ2) is 6.04. The molecular formula is C17H21N3O3. The van der Waals surface area contributed by atoms with E-state index in [1.165, 1.54) is 4.57 Å². The normalized spacial score (nSPS) is 20.9. The van der Waals surface area contributed by atoms with Gasteiger partial charge >= 0.3 is 6.03 Å². The molecule has 1 aliphatic heterocycles. The molecular weight excluding hydrogens is 294 g/mol. The molecule has 0 spiro atoms. The molecule has 2 amide bonds. The Morgan fingerprint density at radius 2 is 2.13 bits per heavy atom. The summed E-state index contributed by atoms with van der Waals surface area (Å²) in [5, 5.41) is 14.1. The molecule has 6 heteroatoms. The number of fused-ring (bicyclic) bond motifs is 1. The zero-order valence-corrected chi connectivity index (χ0v) is 13.3. The lowest BCUT2D eigenvalue weighted by Crippen LogP contribution is -2.33. The number of benzene rings is 1. The zero-order valence-electron chi connectivity index (χ0n) is 13.3. The highest BCUT2D eigenvalue weighted by Gasteiger charge is 2.32. The van der Waals surface area contributed by atoms with Crippen molar-refractivity contribution < 1.29 is 9.90 Å². The minimum atomic E-state index is -0.463. The van der Waals surface area contributed by atoms with Gasteiger partial charge in [-0.05, 0) is 30.0 Å². The van der Waals surface area contributed by atoms with Crippen LogP contribution < -0.4 is 10.9 Å². The number of pyridine rings is 1. The topological polar surface area (TPSA) is 74.6 Å². The summed E-state index contributed by atoms with van der Waals surface area (Å²) < 4.78 is 1.51. The Labute approximate surface area is 134 Å². The van der Waals surface area contributed by atoms with Crippen molar-refractivity contribution in [1.29, 1.82) is 0 Å². The number of likely N-dealkylation sites (tertiary alicyclic amines) is 1. The number of hydrogen-bond donors (Lipinski definition) is 2. The Kier molecular flexibility index (Phi) is 4.09. The van der Waals surface area contributed by atoms with Crippen LogP contribution in [0.15, 0.2) is 35.3 Å². The number of aliphatic hydroxyl groups is 1. The van der Waals surface area contributed by atoms with E-state index in [9.17, 15) is 14.7 Å². The number of aromatic nitrogens is 1. The number of rotatable bonds is 2. The molecule has 122 valence electrons. The van der Waals surface area contributed by atoms with Crippen molar-refractivity contribution in [2.75, 3.05) is 18.4 Å². The van der Waals surface area contributed by atoms with Crippen molar-refractivity contribution in [3.05, 3.63) is 40.8 Å². The molecule has 2 unspecified atom stereocenters. The van der Waals surface area contributed by atoms with E-state index in [2.05, 4.69) is 5.32 Å². The summed E-state index contributed by atoms with van der Waals surface area (Å²) in [6.45, 7) is 2.91. The third kappa shape index (κ3) is 2.94. The Hall–Kier alpha value is -2.34. The van der Waals surface area contributed by atoms with Crippen LogP contribution in [0.25, 0.3) is 10.8 Å². The number of nitrogens with zero attached hydrogens (tertiary/aromatic N) is 2. The van der Waals surface area contributed by atoms with Crippen molar-refractivity contribution in [3.63, 3.8) is 0 Å². The van der Waals surface area contributed by atoms with Gasteiger partial charge in [0.2, 0.25) is 0 Å². The van der Waals surface area contributed by atoms with Crippen LogP contribution in [0.4, 0.5) is 10.5 Å². The van der Waals surface area contributed by atoms with Gasteiger partial charge in [0, 0.05) is 43.3 Å². The van der Waals surface area contributed by atoms with E-state index < -0.39 is 6.10 Å². The van der Waals surface area contributed by atoms with Crippen LogP contribution in [0.2, 0.25) is 0 Å². The fourth-order valence-electron chi connectivity index (χ4n) is 3.04. The quantitative estimate of drug-likeness (QED) is 0.887. The Morgan fingerprint density at radius 1 is 1.35 bits per heavy atom. The molecule has 23 heavy (non-hydrogen) atoms. The number of β-amino-alcohol motifs (C(OH)–C–C–N with tert-alkyl or cyclic N) is 1. The number of aliphatic hydroxyl groups excluding tert-OH is 1. The van der Waals surface area contributed by atoms with E-state index in [4.69, 9.17) is 0 Å². The third-order valence-corrected chi connectivity index (χ3v) is 4.55. The molecule has 1 aromatic heterocycles. The van der Waals surface area contributed by atoms with Crippen molar-refractivity contribution in [2.24, 2.45) is 13.0 Å². The lowest BCUT2D eigenvalue weighted by Gasteiger charge is -2.17. The van der Waals surface area contributed by atoms with Crippen molar-refractivity contribution >= 4 is 22.5 Å². The predicted molar refractivity (Wildman–Crippen MR) is 89.6 cm³/mol. The first-order valence-corrected chi connectivity index (χ1v) is 7.83. The summed E-state index contributed by atoms with van der Waals surface area (Å²) in [5.41, 5.74) is 0.487. The van der Waals surface area contributed by atoms with Crippen LogP contribution in [0.3, 0.4) is 0 Å². The van der Waals surface area contributed by atoms with Gasteiger partial charge in [0.1, 0.15) is 0 Å². The first-order valence-electron chi connectivity index (χ1n) is 7.83. The molecule has 1 fully saturated rings. The van der Waals surface area contributed by atoms with Gasteiger partial charge in [-0.15, -0.1) is 0 Å². The van der Waals surface area contributed by atoms with E-state index in [0.717, 1.165) is 11.8 Å². The van der Waals surface area contributed by atoms with Crippen molar-refractivity contribution in [1.82, 2.24) is 9.47 Å². The van der Waals surface area contributed by atoms with Crippen LogP contribution in [0.1, 0.15) is 13.3 Å². The molecule has 0 saturated carbocycles. The van der Waals surface area contributed by atoms with E-state index >= 15 is 0 Å². The molecule has 3 rings (SSSR count). The molecule has 0 radical (unpaired) electrons. The molecule has 2 aromatic rings. The highest BCUT2D eigenvalue weighted by molar-refractivity contribution is 5.93. The number of urea groups is 1. The van der Waals surface area contributed by atoms with E-state index in [-0.39, 0.29) is 17.5 Å². The maximum atomic E-state index is 12.3. The van der Waals surface area contributed by atoms with Gasteiger partial charge in [-0.25, -0.2) is 4.79 Å². The molecule has 0 bridgehead atoms. The number of aryl methyl sites for hydroxylation is 1. The summed E-state index contributed by atoms with van der Waals surface area (Å²) in [5.74, 6) is 0.129. The Balaban J connectivity index is 1.80. The second-order valence-corrected chi connectivity index (χ2v) is 6.10. The summed E-state index contributed by atoms with van der Waals surface area (Å²) >= 11 is 0. The molecule has 1 saturated heterocycles. The smallest absolute Gasteiger partial charge is 0.321 e. The maximum Gasteiger partial charge on any atom is 0.321 e. The van der Waals surface area contributed by atoms with Gasteiger partial charge in [0.15, 0.2) is 0 Å². The van der Waals surface area contributed by atoms with Crippen LogP contribution >= 0.6 is 0 Å². The second-order valence-electron chi connectivity index (χ2n) is 6.10. The van der Waals surface area contributed by atoms with Crippen molar-refractivity contribution in [3.8, 4) is 0 Å². The fraction of sp³-hybridized carbons (Fsp3) is 0.412. The molecule has 2 atom stereocenters. The average molecular weight is 315 g/mol. The zero-order chi connectivity index (χ0) is 16.6. The summed E-state index contributed by atoms with van der Waals surface area (Å²) in [6, 6.07) is 6.92. The van der Waals surface area contributed by atoms with Gasteiger partial charge in [0.25, 0.3) is 5.56 Å². The van der Waals surface area contributed by atoms with Gasteiger partial charge in [-0.1, -0.05) is 13.0 Å². The lowest BCUT2D eigenvalue weighted by atomic mass is 10.0. The molecule has 1 aromatic carbocycles. The largest absolute Gasteiger partial charge is 0.391 e. The van der Waals surface area contributed by atoms with Gasteiger partial charge in [-0.2, -0.15) is 0 Å². The molecule has 6 nitrogen and oxygen atoms in total. The Bertz CT molecular complexity index is 799. The minimum absolute atomic E-state index is 0.0961. The van der Waals surface area contributed by atoms with Crippen LogP contribution in [0, 0.1) is 5.92 Å². The van der Waals surface area contributed by atoms with E-state index in [0.29, 0.717) is 24.2 Å². The van der Waals surface area contributed by atoms with Gasteiger partial charge in [-0.3, -0.25) is 4.79 Å². The summed E-state index contributed by atoms with van der Waals surface area (Å²) in [4.78, 5) is 26.1. The monoisotopic (exact) mass is 315 g/mol. The summed E-state index contributed by atoms with van der Waals surface area (Å²) in [7, 11) is 1.70. The minimum Gasteiger partial charge on any atom is -0.391 e. The number of carbonyl (C=O) groups excluding carboxylic acids is 1. The SMILES string of the molecule is CCC1CN(C(=O)Nc2ccc3ccn(C)c(=O)c3c2)CC1O. The molecule has 2 heterocycles. The maximum absolute atomic E-state index is 12.3. The number of anilines is 1. The van der Waals surface area contributed by atoms with Crippen LogP contribution in [0.5, 0.6) is 0 Å². The Morgan fingerprint density at radius 3 is 2.83 bits per heavy atom. The van der Waals surface area contributed by atoms with Crippen molar-refractivity contribution in [2.45, 2.75) is 19.4 Å². The summed E-state index contributed by atoms with van der Waals surface area (Å²) in [6.07, 6.45) is 2.10.